The van der Waals surface area contributed by atoms with Gasteiger partial charge in [-0.15, -0.1) is 11.3 Å². The van der Waals surface area contributed by atoms with Crippen LogP contribution in [0.1, 0.15) is 16.3 Å². The van der Waals surface area contributed by atoms with Crippen molar-refractivity contribution in [2.45, 2.75) is 13.5 Å². The Balaban J connectivity index is 2.17. The van der Waals surface area contributed by atoms with E-state index in [1.807, 2.05) is 0 Å². The van der Waals surface area contributed by atoms with Crippen molar-refractivity contribution >= 4 is 33.4 Å². The smallest absolute Gasteiger partial charge is 0.325 e. The van der Waals surface area contributed by atoms with Crippen molar-refractivity contribution < 1.29 is 14.7 Å². The second kappa shape index (κ2) is 5.19. The molecule has 22 heavy (non-hydrogen) atoms. The fraction of sp³-hybridized carbons (Fsp3) is 0.154. The molecule has 0 radical (unpaired) electrons. The van der Waals surface area contributed by atoms with Gasteiger partial charge >= 0.3 is 5.97 Å². The lowest BCUT2D eigenvalue weighted by Gasteiger charge is -1.98. The first kappa shape index (κ1) is 14.1. The highest BCUT2D eigenvalue weighted by Gasteiger charge is 2.20. The number of carboxylic acid groups (broad SMARTS) is 1. The van der Waals surface area contributed by atoms with Gasteiger partial charge in [-0.25, -0.2) is 9.97 Å². The Kier molecular flexibility index (Phi) is 3.33. The molecule has 0 spiro atoms. The summed E-state index contributed by atoms with van der Waals surface area (Å²) >= 11 is 1.30. The van der Waals surface area contributed by atoms with Crippen molar-refractivity contribution in [3.8, 4) is 10.4 Å². The van der Waals surface area contributed by atoms with E-state index in [2.05, 4.69) is 15.1 Å². The molecule has 3 N–H and O–H groups in total. The number of carbonyl (C=O) groups is 2. The minimum Gasteiger partial charge on any atom is -0.480 e. The van der Waals surface area contributed by atoms with E-state index in [-0.39, 0.29) is 12.2 Å². The van der Waals surface area contributed by atoms with Crippen molar-refractivity contribution in [3.05, 3.63) is 30.0 Å². The molecule has 3 aromatic rings. The zero-order valence-electron chi connectivity index (χ0n) is 11.5. The van der Waals surface area contributed by atoms with Gasteiger partial charge in [-0.2, -0.15) is 5.10 Å². The van der Waals surface area contributed by atoms with E-state index in [0.29, 0.717) is 16.0 Å². The third kappa shape index (κ3) is 2.42. The predicted molar refractivity (Wildman–Crippen MR) is 79.5 cm³/mol. The number of aryl methyl sites for hydroxylation is 1. The fourth-order valence-corrected chi connectivity index (χ4v) is 3.16. The van der Waals surface area contributed by atoms with Crippen molar-refractivity contribution in [3.63, 3.8) is 0 Å². The average Bonchev–Trinajstić information content (AvgIpc) is 2.99. The second-order valence-corrected chi connectivity index (χ2v) is 5.66. The van der Waals surface area contributed by atoms with Gasteiger partial charge < -0.3 is 10.8 Å². The number of hydrogen-bond acceptors (Lipinski definition) is 6. The van der Waals surface area contributed by atoms with Crippen LogP contribution in [0.25, 0.3) is 20.7 Å². The number of nitrogens with zero attached hydrogens (tertiary/aromatic N) is 4. The van der Waals surface area contributed by atoms with E-state index in [1.54, 1.807) is 25.4 Å². The molecule has 0 saturated carbocycles. The van der Waals surface area contributed by atoms with Crippen molar-refractivity contribution in [2.24, 2.45) is 5.73 Å². The Bertz CT molecular complexity index is 881. The molecule has 0 fully saturated rings. The van der Waals surface area contributed by atoms with Crippen LogP contribution >= 0.6 is 11.3 Å². The maximum absolute atomic E-state index is 11.5. The molecule has 0 aliphatic rings. The quantitative estimate of drug-likeness (QED) is 0.741. The number of fused-ring (bicyclic) bond motifs is 1. The minimum absolute atomic E-state index is 0.0699. The van der Waals surface area contributed by atoms with E-state index >= 15 is 0 Å². The van der Waals surface area contributed by atoms with Crippen LogP contribution < -0.4 is 5.73 Å². The fourth-order valence-electron chi connectivity index (χ4n) is 2.03. The van der Waals surface area contributed by atoms with E-state index < -0.39 is 11.9 Å². The summed E-state index contributed by atoms with van der Waals surface area (Å²) in [6, 6.07) is 1.76. The number of hydrogen-bond donors (Lipinski definition) is 2. The first-order valence-electron chi connectivity index (χ1n) is 6.26. The zero-order valence-corrected chi connectivity index (χ0v) is 12.3. The summed E-state index contributed by atoms with van der Waals surface area (Å²) in [5.74, 6) is -1.09. The summed E-state index contributed by atoms with van der Waals surface area (Å²) in [5.41, 5.74) is 6.72. The molecular weight excluding hydrogens is 306 g/mol. The second-order valence-electron chi connectivity index (χ2n) is 4.61. The number of primary amides is 1. The third-order valence-electron chi connectivity index (χ3n) is 3.01. The number of rotatable bonds is 4. The van der Waals surface area contributed by atoms with Gasteiger partial charge in [0.05, 0.1) is 10.2 Å². The van der Waals surface area contributed by atoms with E-state index in [4.69, 9.17) is 10.8 Å². The Morgan fingerprint density at radius 3 is 2.64 bits per heavy atom. The van der Waals surface area contributed by atoms with Gasteiger partial charge in [0.25, 0.3) is 5.91 Å². The zero-order chi connectivity index (χ0) is 15.9. The number of amides is 1. The van der Waals surface area contributed by atoms with Crippen LogP contribution in [0.5, 0.6) is 0 Å². The van der Waals surface area contributed by atoms with Crippen LogP contribution in [0.4, 0.5) is 0 Å². The molecule has 0 unspecified atom stereocenters. The lowest BCUT2D eigenvalue weighted by Crippen LogP contribution is -2.14. The Labute approximate surface area is 128 Å². The summed E-state index contributed by atoms with van der Waals surface area (Å²) in [6.45, 7) is 1.44. The van der Waals surface area contributed by atoms with E-state index in [9.17, 15) is 9.59 Å². The highest BCUT2D eigenvalue weighted by molar-refractivity contribution is 7.22. The van der Waals surface area contributed by atoms with Crippen LogP contribution in [0.2, 0.25) is 0 Å². The van der Waals surface area contributed by atoms with Gasteiger partial charge in [-0.1, -0.05) is 0 Å². The number of aromatic nitrogens is 4. The molecular formula is C13H11N5O3S. The van der Waals surface area contributed by atoms with Crippen LogP contribution in [0, 0.1) is 6.92 Å². The van der Waals surface area contributed by atoms with Gasteiger partial charge in [0.15, 0.2) is 5.69 Å². The first-order valence-corrected chi connectivity index (χ1v) is 7.08. The Morgan fingerprint density at radius 2 is 2.05 bits per heavy atom. The highest BCUT2D eigenvalue weighted by Crippen LogP contribution is 2.35. The van der Waals surface area contributed by atoms with Gasteiger partial charge in [-0.05, 0) is 13.0 Å². The summed E-state index contributed by atoms with van der Waals surface area (Å²) in [4.78, 5) is 31.5. The molecule has 9 heteroatoms. The van der Waals surface area contributed by atoms with Crippen LogP contribution in [-0.4, -0.2) is 36.7 Å². The number of aliphatic carboxylic acids is 1. The number of thiophene rings is 1. The first-order chi connectivity index (χ1) is 10.5. The van der Waals surface area contributed by atoms with Crippen molar-refractivity contribution in [1.29, 1.82) is 0 Å². The Hall–Kier alpha value is -2.81. The molecule has 0 atom stereocenters. The standard InChI is InChI=1S/C13H11N5O3S/c1-6-15-3-7(4-16-6)9-2-8-12(22-9)11(13(14)21)17-18(8)5-10(19)20/h2-4H,5H2,1H3,(H2,14,21)(H,19,20). The van der Waals surface area contributed by atoms with E-state index in [1.165, 1.54) is 16.0 Å². The molecule has 1 amide bonds. The SMILES string of the molecule is Cc1ncc(-c2cc3c(s2)c(C(N)=O)nn3CC(=O)O)cn1. The van der Waals surface area contributed by atoms with Crippen molar-refractivity contribution in [2.75, 3.05) is 0 Å². The predicted octanol–water partition coefficient (Wildman–Crippen LogP) is 1.05. The largest absolute Gasteiger partial charge is 0.480 e. The molecule has 3 rings (SSSR count). The molecule has 112 valence electrons. The number of carboxylic acids is 1. The Morgan fingerprint density at radius 1 is 1.36 bits per heavy atom. The topological polar surface area (TPSA) is 124 Å². The lowest BCUT2D eigenvalue weighted by atomic mass is 10.2. The number of carbonyl (C=O) groups excluding carboxylic acids is 1. The summed E-state index contributed by atoms with van der Waals surface area (Å²) in [5, 5.41) is 12.9. The summed E-state index contributed by atoms with van der Waals surface area (Å²) < 4.78 is 1.82. The normalized spacial score (nSPS) is 11.0. The molecule has 0 saturated heterocycles. The van der Waals surface area contributed by atoms with Crippen LogP contribution in [0.3, 0.4) is 0 Å². The molecule has 0 aliphatic heterocycles. The molecule has 0 aromatic carbocycles. The monoisotopic (exact) mass is 317 g/mol. The molecule has 8 nitrogen and oxygen atoms in total. The number of nitrogens with two attached hydrogens (primary N) is 1. The highest BCUT2D eigenvalue weighted by atomic mass is 32.1. The maximum Gasteiger partial charge on any atom is 0.325 e. The van der Waals surface area contributed by atoms with E-state index in [0.717, 1.165) is 10.4 Å². The van der Waals surface area contributed by atoms with Gasteiger partial charge in [-0.3, -0.25) is 14.3 Å². The maximum atomic E-state index is 11.5. The minimum atomic E-state index is -1.05. The van der Waals surface area contributed by atoms with Gasteiger partial charge in [0, 0.05) is 22.8 Å². The molecule has 3 aromatic heterocycles. The molecule has 0 bridgehead atoms. The van der Waals surface area contributed by atoms with Gasteiger partial charge in [0.2, 0.25) is 0 Å². The summed E-state index contributed by atoms with van der Waals surface area (Å²) in [7, 11) is 0. The third-order valence-corrected chi connectivity index (χ3v) is 4.19. The average molecular weight is 317 g/mol. The van der Waals surface area contributed by atoms with Crippen LogP contribution in [-0.2, 0) is 11.3 Å². The molecule has 3 heterocycles. The van der Waals surface area contributed by atoms with Gasteiger partial charge in [0.1, 0.15) is 12.4 Å². The van der Waals surface area contributed by atoms with Crippen LogP contribution in [0.15, 0.2) is 18.5 Å². The molecule has 0 aliphatic carbocycles. The lowest BCUT2D eigenvalue weighted by molar-refractivity contribution is -0.137. The van der Waals surface area contributed by atoms with Crippen molar-refractivity contribution in [1.82, 2.24) is 19.7 Å². The summed E-state index contributed by atoms with van der Waals surface area (Å²) in [6.07, 6.45) is 3.35.